The Bertz CT molecular complexity index is 798. The Balaban J connectivity index is 1.35. The molecule has 2 atom stereocenters. The Kier molecular flexibility index (Phi) is 8.39. The second-order valence-electron chi connectivity index (χ2n) is 7.82. The largest absolute Gasteiger partial charge is 0.493 e. The van der Waals surface area contributed by atoms with Crippen molar-refractivity contribution in [2.24, 2.45) is 5.92 Å². The van der Waals surface area contributed by atoms with Gasteiger partial charge in [-0.25, -0.2) is 4.79 Å². The van der Waals surface area contributed by atoms with E-state index in [-0.39, 0.29) is 6.03 Å². The summed E-state index contributed by atoms with van der Waals surface area (Å²) in [7, 11) is 3.16. The third-order valence-corrected chi connectivity index (χ3v) is 5.63. The Morgan fingerprint density at radius 1 is 1.10 bits per heavy atom. The van der Waals surface area contributed by atoms with Crippen LogP contribution in [-0.4, -0.2) is 39.4 Å². The average Bonchev–Trinajstić information content (AvgIpc) is 2.77. The second kappa shape index (κ2) is 11.5. The number of anilines is 1. The van der Waals surface area contributed by atoms with Gasteiger partial charge in [0.15, 0.2) is 11.5 Å². The monoisotopic (exact) mass is 411 g/mol. The lowest BCUT2D eigenvalue weighted by molar-refractivity contribution is 0.250. The summed E-state index contributed by atoms with van der Waals surface area (Å²) < 4.78 is 10.5. The van der Waals surface area contributed by atoms with Gasteiger partial charge in [0.25, 0.3) is 0 Å². The van der Waals surface area contributed by atoms with E-state index in [4.69, 9.17) is 9.47 Å². The van der Waals surface area contributed by atoms with Gasteiger partial charge in [0.2, 0.25) is 0 Å². The van der Waals surface area contributed by atoms with E-state index < -0.39 is 0 Å². The SMILES string of the molecule is COc1ccc(NC(=O)NCCC[C@H]2C[C@H](Cc3ccccc3)CCN2)cc1OC. The molecule has 1 aliphatic heterocycles. The standard InChI is InChI=1S/C24H33N3O3/c1-29-22-11-10-21(17-23(22)30-2)27-24(28)26-13-6-9-20-16-19(12-14-25-20)15-18-7-4-3-5-8-18/h3-5,7-8,10-11,17,19-20,25H,6,9,12-16H2,1-2H3,(H2,26,27,28)/t19-,20-/m0/s1. The van der Waals surface area contributed by atoms with Crippen molar-refractivity contribution in [1.29, 1.82) is 0 Å². The Labute approximate surface area is 179 Å². The van der Waals surface area contributed by atoms with Crippen LogP contribution in [0.3, 0.4) is 0 Å². The van der Waals surface area contributed by atoms with Gasteiger partial charge in [0, 0.05) is 24.3 Å². The molecule has 162 valence electrons. The molecule has 1 fully saturated rings. The molecule has 0 bridgehead atoms. The number of hydrogen-bond acceptors (Lipinski definition) is 4. The van der Waals surface area contributed by atoms with Crippen LogP contribution >= 0.6 is 0 Å². The molecular weight excluding hydrogens is 378 g/mol. The fourth-order valence-corrected chi connectivity index (χ4v) is 4.09. The third-order valence-electron chi connectivity index (χ3n) is 5.63. The smallest absolute Gasteiger partial charge is 0.319 e. The highest BCUT2D eigenvalue weighted by Crippen LogP contribution is 2.29. The molecule has 2 aromatic carbocycles. The Morgan fingerprint density at radius 2 is 1.90 bits per heavy atom. The van der Waals surface area contributed by atoms with Crippen LogP contribution in [-0.2, 0) is 6.42 Å². The maximum absolute atomic E-state index is 12.2. The van der Waals surface area contributed by atoms with Gasteiger partial charge in [-0.1, -0.05) is 30.3 Å². The fourth-order valence-electron chi connectivity index (χ4n) is 4.09. The summed E-state index contributed by atoms with van der Waals surface area (Å²) in [4.78, 5) is 12.2. The molecule has 3 rings (SSSR count). The molecule has 1 aliphatic rings. The first-order valence-electron chi connectivity index (χ1n) is 10.7. The van der Waals surface area contributed by atoms with Gasteiger partial charge in [-0.3, -0.25) is 0 Å². The number of benzene rings is 2. The number of hydrogen-bond donors (Lipinski definition) is 3. The lowest BCUT2D eigenvalue weighted by atomic mass is 9.86. The van der Waals surface area contributed by atoms with Crippen LogP contribution in [0.15, 0.2) is 48.5 Å². The third kappa shape index (κ3) is 6.66. The van der Waals surface area contributed by atoms with E-state index in [0.717, 1.165) is 31.7 Å². The van der Waals surface area contributed by atoms with Crippen molar-refractivity contribution in [3.8, 4) is 11.5 Å². The van der Waals surface area contributed by atoms with E-state index >= 15 is 0 Å². The summed E-state index contributed by atoms with van der Waals surface area (Å²) in [6.07, 6.45) is 5.62. The summed E-state index contributed by atoms with van der Waals surface area (Å²) in [5.74, 6) is 1.96. The second-order valence-corrected chi connectivity index (χ2v) is 7.82. The zero-order valence-electron chi connectivity index (χ0n) is 17.9. The predicted molar refractivity (Wildman–Crippen MR) is 120 cm³/mol. The van der Waals surface area contributed by atoms with E-state index in [2.05, 4.69) is 46.3 Å². The van der Waals surface area contributed by atoms with E-state index in [0.29, 0.717) is 29.8 Å². The molecule has 0 unspecified atom stereocenters. The van der Waals surface area contributed by atoms with Crippen molar-refractivity contribution in [1.82, 2.24) is 10.6 Å². The highest BCUT2D eigenvalue weighted by Gasteiger charge is 2.21. The highest BCUT2D eigenvalue weighted by atomic mass is 16.5. The average molecular weight is 412 g/mol. The van der Waals surface area contributed by atoms with Crippen LogP contribution in [0.1, 0.15) is 31.2 Å². The Hall–Kier alpha value is -2.73. The number of nitrogens with one attached hydrogen (secondary N) is 3. The maximum Gasteiger partial charge on any atom is 0.319 e. The molecule has 1 saturated heterocycles. The molecule has 0 radical (unpaired) electrons. The highest BCUT2D eigenvalue weighted by molar-refractivity contribution is 5.89. The molecule has 2 amide bonds. The number of methoxy groups -OCH3 is 2. The normalized spacial score (nSPS) is 18.5. The summed E-state index contributed by atoms with van der Waals surface area (Å²) in [6, 6.07) is 16.4. The Morgan fingerprint density at radius 3 is 2.67 bits per heavy atom. The first-order chi connectivity index (χ1) is 14.7. The van der Waals surface area contributed by atoms with Gasteiger partial charge < -0.3 is 25.4 Å². The lowest BCUT2D eigenvalue weighted by Gasteiger charge is -2.30. The zero-order chi connectivity index (χ0) is 21.2. The lowest BCUT2D eigenvalue weighted by Crippen LogP contribution is -2.39. The quantitative estimate of drug-likeness (QED) is 0.541. The van der Waals surface area contributed by atoms with Crippen molar-refractivity contribution < 1.29 is 14.3 Å². The van der Waals surface area contributed by atoms with Crippen LogP contribution in [0.5, 0.6) is 11.5 Å². The van der Waals surface area contributed by atoms with E-state index in [9.17, 15) is 4.79 Å². The minimum atomic E-state index is -0.208. The van der Waals surface area contributed by atoms with E-state index in [1.807, 2.05) is 0 Å². The number of amides is 2. The molecular formula is C24H33N3O3. The minimum Gasteiger partial charge on any atom is -0.493 e. The van der Waals surface area contributed by atoms with Crippen LogP contribution in [0.25, 0.3) is 0 Å². The molecule has 2 aromatic rings. The van der Waals surface area contributed by atoms with Crippen LogP contribution in [0, 0.1) is 5.92 Å². The van der Waals surface area contributed by atoms with Crippen LogP contribution in [0.4, 0.5) is 10.5 Å². The summed E-state index contributed by atoms with van der Waals surface area (Å²) >= 11 is 0. The van der Waals surface area contributed by atoms with Gasteiger partial charge in [-0.05, 0) is 62.3 Å². The van der Waals surface area contributed by atoms with Gasteiger partial charge in [-0.2, -0.15) is 0 Å². The molecule has 0 aliphatic carbocycles. The number of carbonyl (C=O) groups is 1. The maximum atomic E-state index is 12.2. The molecule has 0 spiro atoms. The zero-order valence-corrected chi connectivity index (χ0v) is 17.9. The topological polar surface area (TPSA) is 71.6 Å². The predicted octanol–water partition coefficient (Wildman–Crippen LogP) is 4.22. The number of piperidine rings is 1. The van der Waals surface area contributed by atoms with Crippen LogP contribution in [0.2, 0.25) is 0 Å². The number of ether oxygens (including phenoxy) is 2. The first kappa shape index (κ1) is 22.0. The first-order valence-corrected chi connectivity index (χ1v) is 10.7. The van der Waals surface area contributed by atoms with Gasteiger partial charge in [-0.15, -0.1) is 0 Å². The number of rotatable bonds is 9. The van der Waals surface area contributed by atoms with E-state index in [1.165, 1.54) is 18.4 Å². The molecule has 30 heavy (non-hydrogen) atoms. The molecule has 0 saturated carbocycles. The minimum absolute atomic E-state index is 0.208. The molecule has 6 heteroatoms. The van der Waals surface area contributed by atoms with Crippen molar-refractivity contribution in [3.63, 3.8) is 0 Å². The number of carbonyl (C=O) groups excluding carboxylic acids is 1. The van der Waals surface area contributed by atoms with Crippen molar-refractivity contribution in [2.45, 2.75) is 38.1 Å². The molecule has 6 nitrogen and oxygen atoms in total. The van der Waals surface area contributed by atoms with E-state index in [1.54, 1.807) is 32.4 Å². The fraction of sp³-hybridized carbons (Fsp3) is 0.458. The van der Waals surface area contributed by atoms with Gasteiger partial charge >= 0.3 is 6.03 Å². The summed E-state index contributed by atoms with van der Waals surface area (Å²) in [5.41, 5.74) is 2.10. The van der Waals surface area contributed by atoms with Crippen LogP contribution < -0.4 is 25.4 Å². The molecule has 3 N–H and O–H groups in total. The molecule has 1 heterocycles. The number of urea groups is 1. The van der Waals surface area contributed by atoms with Gasteiger partial charge in [0.1, 0.15) is 0 Å². The molecule has 0 aromatic heterocycles. The summed E-state index contributed by atoms with van der Waals surface area (Å²) in [5, 5.41) is 9.41. The van der Waals surface area contributed by atoms with Gasteiger partial charge in [0.05, 0.1) is 14.2 Å². The van der Waals surface area contributed by atoms with Crippen molar-refractivity contribution in [2.75, 3.05) is 32.6 Å². The van der Waals surface area contributed by atoms with Crippen molar-refractivity contribution >= 4 is 11.7 Å². The summed E-state index contributed by atoms with van der Waals surface area (Å²) in [6.45, 7) is 1.73. The van der Waals surface area contributed by atoms with Crippen molar-refractivity contribution in [3.05, 3.63) is 54.1 Å².